The minimum absolute atomic E-state index is 0.480. The molecule has 1 aromatic heterocycles. The van der Waals surface area contributed by atoms with Gasteiger partial charge in [-0.15, -0.1) is 0 Å². The fourth-order valence-corrected chi connectivity index (χ4v) is 5.29. The Morgan fingerprint density at radius 1 is 1.06 bits per heavy atom. The third-order valence-electron chi connectivity index (χ3n) is 7.19. The standard InChI is InChI=1S/C30H42N2/c1-7-11-25(32-21-20-31-30(32)10-4)17-19-28(22(5)6)24-15-12-23(13-16-24)14-18-29-26(8-2)27(29)9-3/h12-13,15-16,19-22,25-27,29H,7-11,17H2,1-6H3/b28-19+. The Kier molecular flexibility index (Phi) is 8.80. The summed E-state index contributed by atoms with van der Waals surface area (Å²) in [6, 6.07) is 9.42. The lowest BCUT2D eigenvalue weighted by atomic mass is 9.92. The lowest BCUT2D eigenvalue weighted by Gasteiger charge is -2.20. The zero-order valence-corrected chi connectivity index (χ0v) is 21.1. The maximum absolute atomic E-state index is 4.55. The van der Waals surface area contributed by atoms with E-state index in [1.807, 2.05) is 6.20 Å². The summed E-state index contributed by atoms with van der Waals surface area (Å²) in [5.74, 6) is 10.9. The van der Waals surface area contributed by atoms with Gasteiger partial charge in [-0.2, -0.15) is 0 Å². The molecule has 172 valence electrons. The Hall–Kier alpha value is -2.27. The van der Waals surface area contributed by atoms with Crippen molar-refractivity contribution < 1.29 is 0 Å². The van der Waals surface area contributed by atoms with Crippen molar-refractivity contribution in [1.29, 1.82) is 0 Å². The fraction of sp³-hybridized carbons (Fsp3) is 0.567. The quantitative estimate of drug-likeness (QED) is 0.350. The monoisotopic (exact) mass is 430 g/mol. The molecule has 32 heavy (non-hydrogen) atoms. The predicted molar refractivity (Wildman–Crippen MR) is 137 cm³/mol. The highest BCUT2D eigenvalue weighted by atomic mass is 15.1. The molecule has 3 atom stereocenters. The zero-order chi connectivity index (χ0) is 23.1. The minimum atomic E-state index is 0.480. The average molecular weight is 431 g/mol. The van der Waals surface area contributed by atoms with Crippen LogP contribution < -0.4 is 0 Å². The van der Waals surface area contributed by atoms with Gasteiger partial charge in [0.1, 0.15) is 5.82 Å². The van der Waals surface area contributed by atoms with Crippen LogP contribution in [0, 0.1) is 35.5 Å². The molecule has 0 spiro atoms. The van der Waals surface area contributed by atoms with Crippen LogP contribution in [0.15, 0.2) is 42.7 Å². The van der Waals surface area contributed by atoms with E-state index in [-0.39, 0.29) is 0 Å². The van der Waals surface area contributed by atoms with Gasteiger partial charge in [-0.25, -0.2) is 4.98 Å². The second-order valence-corrected chi connectivity index (χ2v) is 9.61. The third kappa shape index (κ3) is 5.74. The molecule has 1 aliphatic rings. The van der Waals surface area contributed by atoms with E-state index in [9.17, 15) is 0 Å². The number of hydrogen-bond donors (Lipinski definition) is 0. The van der Waals surface area contributed by atoms with Crippen molar-refractivity contribution in [2.24, 2.45) is 23.7 Å². The Morgan fingerprint density at radius 3 is 2.31 bits per heavy atom. The number of allylic oxidation sites excluding steroid dienone is 2. The Labute approximate surface area is 196 Å². The highest BCUT2D eigenvalue weighted by molar-refractivity contribution is 5.67. The highest BCUT2D eigenvalue weighted by Gasteiger charge is 2.45. The predicted octanol–water partition coefficient (Wildman–Crippen LogP) is 7.95. The molecule has 0 bridgehead atoms. The molecule has 2 heteroatoms. The summed E-state index contributed by atoms with van der Waals surface area (Å²) in [5.41, 5.74) is 3.90. The molecule has 0 aliphatic heterocycles. The van der Waals surface area contributed by atoms with Crippen molar-refractivity contribution in [2.45, 2.75) is 86.1 Å². The van der Waals surface area contributed by atoms with Crippen molar-refractivity contribution >= 4 is 5.57 Å². The normalized spacial score (nSPS) is 21.3. The lowest BCUT2D eigenvalue weighted by Crippen LogP contribution is -2.11. The number of nitrogens with zero attached hydrogens (tertiary/aromatic N) is 2. The van der Waals surface area contributed by atoms with E-state index in [4.69, 9.17) is 0 Å². The van der Waals surface area contributed by atoms with E-state index in [1.165, 1.54) is 42.6 Å². The van der Waals surface area contributed by atoms with Crippen LogP contribution in [0.5, 0.6) is 0 Å². The van der Waals surface area contributed by atoms with Gasteiger partial charge >= 0.3 is 0 Å². The summed E-state index contributed by atoms with van der Waals surface area (Å²) >= 11 is 0. The van der Waals surface area contributed by atoms with Gasteiger partial charge in [-0.1, -0.05) is 90.9 Å². The molecule has 3 rings (SSSR count). The summed E-state index contributed by atoms with van der Waals surface area (Å²) in [6.45, 7) is 13.7. The summed E-state index contributed by atoms with van der Waals surface area (Å²) in [5, 5.41) is 0. The van der Waals surface area contributed by atoms with E-state index in [1.54, 1.807) is 0 Å². The molecule has 1 saturated carbocycles. The largest absolute Gasteiger partial charge is 0.332 e. The van der Waals surface area contributed by atoms with E-state index >= 15 is 0 Å². The number of benzene rings is 1. The lowest BCUT2D eigenvalue weighted by molar-refractivity contribution is 0.451. The van der Waals surface area contributed by atoms with Crippen LogP contribution in [-0.4, -0.2) is 9.55 Å². The molecular weight excluding hydrogens is 388 g/mol. The van der Waals surface area contributed by atoms with Crippen LogP contribution in [0.4, 0.5) is 0 Å². The van der Waals surface area contributed by atoms with Crippen molar-refractivity contribution in [2.75, 3.05) is 0 Å². The Bertz CT molecular complexity index is 925. The smallest absolute Gasteiger partial charge is 0.108 e. The van der Waals surface area contributed by atoms with Gasteiger partial charge in [0, 0.05) is 36.3 Å². The molecule has 1 aromatic carbocycles. The summed E-state index contributed by atoms with van der Waals surface area (Å²) < 4.78 is 2.39. The first kappa shape index (κ1) is 24.4. The first-order chi connectivity index (χ1) is 15.5. The summed E-state index contributed by atoms with van der Waals surface area (Å²) in [4.78, 5) is 4.55. The molecule has 0 saturated heterocycles. The van der Waals surface area contributed by atoms with Crippen LogP contribution in [0.2, 0.25) is 0 Å². The molecule has 0 radical (unpaired) electrons. The maximum Gasteiger partial charge on any atom is 0.108 e. The summed E-state index contributed by atoms with van der Waals surface area (Å²) in [7, 11) is 0. The molecule has 0 N–H and O–H groups in total. The summed E-state index contributed by atoms with van der Waals surface area (Å²) in [6.07, 6.45) is 13.5. The molecule has 1 fully saturated rings. The van der Waals surface area contributed by atoms with Gasteiger partial charge in [0.15, 0.2) is 0 Å². The number of imidazole rings is 1. The Balaban J connectivity index is 1.74. The molecular formula is C30H42N2. The molecule has 0 amide bonds. The second kappa shape index (κ2) is 11.6. The van der Waals surface area contributed by atoms with Crippen LogP contribution >= 0.6 is 0 Å². The van der Waals surface area contributed by atoms with Crippen LogP contribution in [0.3, 0.4) is 0 Å². The van der Waals surface area contributed by atoms with Crippen molar-refractivity contribution in [3.63, 3.8) is 0 Å². The molecule has 1 aliphatic carbocycles. The third-order valence-corrected chi connectivity index (χ3v) is 7.19. The van der Waals surface area contributed by atoms with E-state index < -0.39 is 0 Å². The Morgan fingerprint density at radius 2 is 1.75 bits per heavy atom. The first-order valence-electron chi connectivity index (χ1n) is 12.9. The van der Waals surface area contributed by atoms with Gasteiger partial charge in [0.2, 0.25) is 0 Å². The van der Waals surface area contributed by atoms with E-state index in [2.05, 4.69) is 99.5 Å². The number of rotatable bonds is 10. The molecule has 2 nitrogen and oxygen atoms in total. The fourth-order valence-electron chi connectivity index (χ4n) is 5.29. The highest BCUT2D eigenvalue weighted by Crippen LogP contribution is 2.50. The minimum Gasteiger partial charge on any atom is -0.332 e. The van der Waals surface area contributed by atoms with Gasteiger partial charge in [-0.05, 0) is 53.9 Å². The first-order valence-corrected chi connectivity index (χ1v) is 12.9. The van der Waals surface area contributed by atoms with Crippen molar-refractivity contribution in [1.82, 2.24) is 9.55 Å². The van der Waals surface area contributed by atoms with Crippen molar-refractivity contribution in [3.8, 4) is 11.8 Å². The van der Waals surface area contributed by atoms with Gasteiger partial charge in [0.25, 0.3) is 0 Å². The topological polar surface area (TPSA) is 17.8 Å². The van der Waals surface area contributed by atoms with Crippen LogP contribution in [0.1, 0.15) is 96.6 Å². The van der Waals surface area contributed by atoms with Gasteiger partial charge in [0.05, 0.1) is 0 Å². The number of aryl methyl sites for hydroxylation is 1. The molecule has 2 aromatic rings. The van der Waals surface area contributed by atoms with E-state index in [0.29, 0.717) is 17.9 Å². The molecule has 3 unspecified atom stereocenters. The number of aromatic nitrogens is 2. The SMILES string of the molecule is CCCC(C/C=C(/c1ccc(C#CC2C(CC)C2CC)cc1)C(C)C)n1ccnc1CC. The molecule has 1 heterocycles. The van der Waals surface area contributed by atoms with E-state index in [0.717, 1.165) is 30.2 Å². The second-order valence-electron chi connectivity index (χ2n) is 9.61. The average Bonchev–Trinajstić information content (AvgIpc) is 3.28. The van der Waals surface area contributed by atoms with Gasteiger partial charge < -0.3 is 4.57 Å². The van der Waals surface area contributed by atoms with Crippen LogP contribution in [0.25, 0.3) is 5.57 Å². The van der Waals surface area contributed by atoms with Crippen molar-refractivity contribution in [3.05, 3.63) is 59.7 Å². The van der Waals surface area contributed by atoms with Gasteiger partial charge in [-0.3, -0.25) is 0 Å². The maximum atomic E-state index is 4.55. The van der Waals surface area contributed by atoms with Crippen LogP contribution in [-0.2, 0) is 6.42 Å². The zero-order valence-electron chi connectivity index (χ0n) is 21.1. The number of hydrogen-bond acceptors (Lipinski definition) is 1.